The van der Waals surface area contributed by atoms with Gasteiger partial charge in [0.2, 0.25) is 5.91 Å². The summed E-state index contributed by atoms with van der Waals surface area (Å²) < 4.78 is 1.73. The van der Waals surface area contributed by atoms with Gasteiger partial charge in [0, 0.05) is 19.6 Å². The van der Waals surface area contributed by atoms with Crippen molar-refractivity contribution < 1.29 is 4.79 Å². The van der Waals surface area contributed by atoms with E-state index in [1.54, 1.807) is 4.57 Å². The molecule has 1 amide bonds. The van der Waals surface area contributed by atoms with Crippen LogP contribution >= 0.6 is 11.8 Å². The molecule has 0 atom stereocenters. The number of benzene rings is 2. The Balaban J connectivity index is 1.35. The van der Waals surface area contributed by atoms with Crippen LogP contribution in [0.3, 0.4) is 0 Å². The summed E-state index contributed by atoms with van der Waals surface area (Å²) in [5, 5.41) is 0.405. The van der Waals surface area contributed by atoms with E-state index in [0.717, 1.165) is 43.4 Å². The second-order valence-electron chi connectivity index (χ2n) is 7.76. The molecular weight excluding hydrogens is 394 g/mol. The highest BCUT2D eigenvalue weighted by molar-refractivity contribution is 7.99. The molecule has 1 saturated heterocycles. The SMILES string of the molecule is CCn1c(=O)c(SCC(=O)N2CCC(Cc3ccccc3)CC2)nc2ccccc21. The van der Waals surface area contributed by atoms with E-state index in [-0.39, 0.29) is 17.2 Å². The number of nitrogens with zero attached hydrogens (tertiary/aromatic N) is 3. The fraction of sp³-hybridized carbons (Fsp3) is 0.375. The molecule has 5 nitrogen and oxygen atoms in total. The summed E-state index contributed by atoms with van der Waals surface area (Å²) >= 11 is 1.26. The van der Waals surface area contributed by atoms with Crippen LogP contribution in [-0.4, -0.2) is 39.2 Å². The molecule has 0 unspecified atom stereocenters. The maximum atomic E-state index is 12.8. The number of hydrogen-bond donors (Lipinski definition) is 0. The normalized spacial score (nSPS) is 14.9. The Morgan fingerprint density at radius 3 is 2.50 bits per heavy atom. The number of carbonyl (C=O) groups is 1. The molecule has 1 fully saturated rings. The van der Waals surface area contributed by atoms with Gasteiger partial charge >= 0.3 is 0 Å². The first kappa shape index (κ1) is 20.7. The highest BCUT2D eigenvalue weighted by Crippen LogP contribution is 2.23. The minimum absolute atomic E-state index is 0.0931. The van der Waals surface area contributed by atoms with Crippen LogP contribution in [0.1, 0.15) is 25.3 Å². The third-order valence-electron chi connectivity index (χ3n) is 5.81. The van der Waals surface area contributed by atoms with E-state index in [1.807, 2.05) is 42.2 Å². The van der Waals surface area contributed by atoms with Crippen molar-refractivity contribution in [1.82, 2.24) is 14.5 Å². The molecule has 1 aliphatic heterocycles. The summed E-state index contributed by atoms with van der Waals surface area (Å²) in [6.07, 6.45) is 3.14. The van der Waals surface area contributed by atoms with E-state index in [4.69, 9.17) is 0 Å². The van der Waals surface area contributed by atoms with E-state index in [0.29, 0.717) is 17.5 Å². The summed E-state index contributed by atoms with van der Waals surface area (Å²) in [6, 6.07) is 18.2. The number of piperidine rings is 1. The number of aryl methyl sites for hydroxylation is 1. The van der Waals surface area contributed by atoms with Gasteiger partial charge in [-0.2, -0.15) is 0 Å². The summed E-state index contributed by atoms with van der Waals surface area (Å²) in [4.78, 5) is 32.0. The predicted molar refractivity (Wildman–Crippen MR) is 122 cm³/mol. The molecule has 0 aliphatic carbocycles. The number of carbonyl (C=O) groups excluding carboxylic acids is 1. The van der Waals surface area contributed by atoms with Crippen LogP contribution in [0, 0.1) is 5.92 Å². The molecule has 6 heteroatoms. The first-order chi connectivity index (χ1) is 14.7. The second kappa shape index (κ2) is 9.47. The topological polar surface area (TPSA) is 55.2 Å². The van der Waals surface area contributed by atoms with Gasteiger partial charge in [-0.15, -0.1) is 0 Å². The molecule has 3 aromatic rings. The van der Waals surface area contributed by atoms with Crippen molar-refractivity contribution in [2.24, 2.45) is 5.92 Å². The quantitative estimate of drug-likeness (QED) is 0.565. The number of fused-ring (bicyclic) bond motifs is 1. The van der Waals surface area contributed by atoms with Gasteiger partial charge in [0.25, 0.3) is 5.56 Å². The van der Waals surface area contributed by atoms with E-state index >= 15 is 0 Å². The van der Waals surface area contributed by atoms with Crippen LogP contribution in [-0.2, 0) is 17.8 Å². The van der Waals surface area contributed by atoms with Gasteiger partial charge in [0.15, 0.2) is 5.03 Å². The average molecular weight is 422 g/mol. The molecule has 4 rings (SSSR count). The van der Waals surface area contributed by atoms with Crippen molar-refractivity contribution >= 4 is 28.7 Å². The zero-order valence-electron chi connectivity index (χ0n) is 17.3. The van der Waals surface area contributed by atoms with Crippen molar-refractivity contribution in [1.29, 1.82) is 0 Å². The number of para-hydroxylation sites is 2. The Morgan fingerprint density at radius 2 is 1.77 bits per heavy atom. The van der Waals surface area contributed by atoms with Crippen molar-refractivity contribution in [3.05, 3.63) is 70.5 Å². The van der Waals surface area contributed by atoms with Crippen molar-refractivity contribution in [3.63, 3.8) is 0 Å². The van der Waals surface area contributed by atoms with Crippen LogP contribution < -0.4 is 5.56 Å². The fourth-order valence-electron chi connectivity index (χ4n) is 4.13. The number of hydrogen-bond acceptors (Lipinski definition) is 4. The van der Waals surface area contributed by atoms with E-state index in [2.05, 4.69) is 29.2 Å². The zero-order chi connectivity index (χ0) is 20.9. The van der Waals surface area contributed by atoms with Gasteiger partial charge in [0.05, 0.1) is 16.8 Å². The smallest absolute Gasteiger partial charge is 0.283 e. The molecular formula is C24H27N3O2S. The lowest BCUT2D eigenvalue weighted by Crippen LogP contribution is -2.40. The Hall–Kier alpha value is -2.60. The van der Waals surface area contributed by atoms with Gasteiger partial charge in [-0.25, -0.2) is 4.98 Å². The van der Waals surface area contributed by atoms with Gasteiger partial charge in [-0.05, 0) is 49.8 Å². The molecule has 156 valence electrons. The lowest BCUT2D eigenvalue weighted by Gasteiger charge is -2.32. The van der Waals surface area contributed by atoms with Gasteiger partial charge in [-0.3, -0.25) is 9.59 Å². The average Bonchev–Trinajstić information content (AvgIpc) is 2.79. The van der Waals surface area contributed by atoms with E-state index < -0.39 is 0 Å². The third kappa shape index (κ3) is 4.59. The molecule has 0 spiro atoms. The summed E-state index contributed by atoms with van der Waals surface area (Å²) in [7, 11) is 0. The predicted octanol–water partition coefficient (Wildman–Crippen LogP) is 3.99. The van der Waals surface area contributed by atoms with Crippen LogP contribution in [0.4, 0.5) is 0 Å². The van der Waals surface area contributed by atoms with Gasteiger partial charge < -0.3 is 9.47 Å². The first-order valence-corrected chi connectivity index (χ1v) is 11.6. The van der Waals surface area contributed by atoms with Crippen LogP contribution in [0.2, 0.25) is 0 Å². The first-order valence-electron chi connectivity index (χ1n) is 10.6. The number of rotatable bonds is 6. The lowest BCUT2D eigenvalue weighted by molar-refractivity contribution is -0.129. The van der Waals surface area contributed by atoms with Crippen molar-refractivity contribution in [2.75, 3.05) is 18.8 Å². The monoisotopic (exact) mass is 421 g/mol. The molecule has 1 aromatic heterocycles. The van der Waals surface area contributed by atoms with Crippen molar-refractivity contribution in [3.8, 4) is 0 Å². The minimum atomic E-state index is -0.115. The molecule has 2 heterocycles. The standard InChI is InChI=1S/C24H27N3O2S/c1-2-27-21-11-7-6-10-20(21)25-23(24(27)29)30-17-22(28)26-14-12-19(13-15-26)16-18-8-4-3-5-9-18/h3-11,19H,2,12-17H2,1H3. The molecule has 1 aliphatic rings. The van der Waals surface area contributed by atoms with Gasteiger partial charge in [-0.1, -0.05) is 54.2 Å². The summed E-state index contributed by atoms with van der Waals surface area (Å²) in [6.45, 7) is 4.12. The number of amides is 1. The molecule has 0 N–H and O–H groups in total. The number of likely N-dealkylation sites (tertiary alicyclic amines) is 1. The van der Waals surface area contributed by atoms with E-state index in [1.165, 1.54) is 17.3 Å². The largest absolute Gasteiger partial charge is 0.342 e. The summed E-state index contributed by atoms with van der Waals surface area (Å²) in [5.74, 6) is 0.978. The van der Waals surface area contributed by atoms with Crippen LogP contribution in [0.15, 0.2) is 64.4 Å². The fourth-order valence-corrected chi connectivity index (χ4v) is 4.97. The Bertz CT molecular complexity index is 1070. The summed E-state index contributed by atoms with van der Waals surface area (Å²) in [5.41, 5.74) is 2.87. The van der Waals surface area contributed by atoms with Crippen LogP contribution in [0.5, 0.6) is 0 Å². The Kier molecular flexibility index (Phi) is 6.53. The molecule has 0 bridgehead atoms. The lowest BCUT2D eigenvalue weighted by atomic mass is 9.90. The Morgan fingerprint density at radius 1 is 1.07 bits per heavy atom. The molecule has 0 radical (unpaired) electrons. The third-order valence-corrected chi connectivity index (χ3v) is 6.74. The molecule has 2 aromatic carbocycles. The van der Waals surface area contributed by atoms with E-state index in [9.17, 15) is 9.59 Å². The van der Waals surface area contributed by atoms with Crippen LogP contribution in [0.25, 0.3) is 11.0 Å². The molecule has 30 heavy (non-hydrogen) atoms. The Labute approximate surface area is 181 Å². The van der Waals surface area contributed by atoms with Gasteiger partial charge in [0.1, 0.15) is 0 Å². The minimum Gasteiger partial charge on any atom is -0.342 e. The highest BCUT2D eigenvalue weighted by atomic mass is 32.2. The van der Waals surface area contributed by atoms with Crippen molar-refractivity contribution in [2.45, 2.75) is 37.8 Å². The molecule has 0 saturated carbocycles. The second-order valence-corrected chi connectivity index (χ2v) is 8.72. The zero-order valence-corrected chi connectivity index (χ0v) is 18.1. The maximum absolute atomic E-state index is 12.8. The highest BCUT2D eigenvalue weighted by Gasteiger charge is 2.23. The number of thioether (sulfide) groups is 1. The number of aromatic nitrogens is 2. The maximum Gasteiger partial charge on any atom is 0.283 e.